The van der Waals surface area contributed by atoms with Gasteiger partial charge >= 0.3 is 0 Å². The molecule has 2 aliphatic rings. The molecular weight excluding hydrogens is 502 g/mol. The first-order chi connectivity index (χ1) is 19.2. The Labute approximate surface area is 229 Å². The number of carbonyl (C=O) groups excluding carboxylic acids is 3. The number of piperidine rings is 1. The topological polar surface area (TPSA) is 101 Å². The summed E-state index contributed by atoms with van der Waals surface area (Å²) in [4.78, 5) is 39.4. The van der Waals surface area contributed by atoms with E-state index in [1.807, 2.05) is 6.92 Å². The lowest BCUT2D eigenvalue weighted by Crippen LogP contribution is -2.47. The minimum atomic E-state index is -0.384. The van der Waals surface area contributed by atoms with Crippen molar-refractivity contribution in [2.24, 2.45) is 0 Å². The fourth-order valence-corrected chi connectivity index (χ4v) is 4.93. The number of ether oxygens (including phenoxy) is 5. The second-order valence-electron chi connectivity index (χ2n) is 9.54. The van der Waals surface area contributed by atoms with Crippen LogP contribution in [0.25, 0.3) is 0 Å². The van der Waals surface area contributed by atoms with Crippen LogP contribution in [-0.4, -0.2) is 75.3 Å². The molecule has 9 heteroatoms. The van der Waals surface area contributed by atoms with Gasteiger partial charge in [0.2, 0.25) is 0 Å². The second-order valence-corrected chi connectivity index (χ2v) is 9.54. The Morgan fingerprint density at radius 1 is 0.923 bits per heavy atom. The van der Waals surface area contributed by atoms with Crippen molar-refractivity contribution in [3.05, 3.63) is 53.1 Å². The molecule has 39 heavy (non-hydrogen) atoms. The minimum absolute atomic E-state index is 0.205. The quantitative estimate of drug-likeness (QED) is 0.267. The molecule has 1 unspecified atom stereocenters. The van der Waals surface area contributed by atoms with Gasteiger partial charge in [-0.3, -0.25) is 14.4 Å². The van der Waals surface area contributed by atoms with E-state index in [9.17, 15) is 14.4 Å². The van der Waals surface area contributed by atoms with Crippen LogP contribution in [0.5, 0.6) is 17.2 Å². The number of benzene rings is 2. The smallest absolute Gasteiger partial charge is 0.255 e. The normalized spacial score (nSPS) is 19.3. The Kier molecular flexibility index (Phi) is 10.7. The van der Waals surface area contributed by atoms with Crippen LogP contribution >= 0.6 is 0 Å². The van der Waals surface area contributed by atoms with Crippen molar-refractivity contribution in [2.45, 2.75) is 57.8 Å². The van der Waals surface area contributed by atoms with Crippen LogP contribution in [0.3, 0.4) is 0 Å². The zero-order valence-electron chi connectivity index (χ0n) is 22.5. The zero-order chi connectivity index (χ0) is 27.5. The molecule has 2 aromatic rings. The van der Waals surface area contributed by atoms with E-state index in [0.717, 1.165) is 44.8 Å². The van der Waals surface area contributed by atoms with Crippen molar-refractivity contribution < 1.29 is 38.1 Å². The van der Waals surface area contributed by atoms with Gasteiger partial charge < -0.3 is 28.6 Å². The van der Waals surface area contributed by atoms with Gasteiger partial charge in [0.1, 0.15) is 30.5 Å². The molecule has 4 rings (SSSR count). The maximum absolute atomic E-state index is 13.7. The number of amides is 1. The first kappa shape index (κ1) is 28.6. The lowest BCUT2D eigenvalue weighted by atomic mass is 9.99. The molecule has 2 heterocycles. The highest BCUT2D eigenvalue weighted by molar-refractivity contribution is 6.03. The Balaban J connectivity index is 1.47. The van der Waals surface area contributed by atoms with Crippen LogP contribution in [0.1, 0.15) is 76.5 Å². The molecule has 2 saturated heterocycles. The summed E-state index contributed by atoms with van der Waals surface area (Å²) in [6.07, 6.45) is 6.33. The van der Waals surface area contributed by atoms with Crippen LogP contribution in [0.2, 0.25) is 0 Å². The lowest BCUT2D eigenvalue weighted by Gasteiger charge is -2.36. The SMILES string of the molecule is CCOCCOc1cccc(C(=O)N2CCCC[C@H]2COc2cccc(OC3CCCCO3)c2C=O)c1C=O. The van der Waals surface area contributed by atoms with E-state index < -0.39 is 0 Å². The molecule has 0 N–H and O–H groups in total. The molecular formula is C30H37NO8. The number of nitrogens with zero attached hydrogens (tertiary/aromatic N) is 1. The summed E-state index contributed by atoms with van der Waals surface area (Å²) in [6.45, 7) is 4.52. The molecule has 0 bridgehead atoms. The zero-order valence-corrected chi connectivity index (χ0v) is 22.5. The standard InChI is InChI=1S/C30H37NO8/c1-2-35-17-18-36-26-11-7-10-23(24(26)19-32)30(34)31-15-5-3-9-22(31)21-38-27-12-8-13-28(25(27)20-33)39-29-14-4-6-16-37-29/h7-8,10-13,19-20,22,29H,2-6,9,14-18,21H2,1H3/t22-,29?/m0/s1. The van der Waals surface area contributed by atoms with Crippen LogP contribution in [-0.2, 0) is 9.47 Å². The van der Waals surface area contributed by atoms with Gasteiger partial charge in [0.15, 0.2) is 18.9 Å². The summed E-state index contributed by atoms with van der Waals surface area (Å²) in [6, 6.07) is 10.0. The third-order valence-corrected chi connectivity index (χ3v) is 6.96. The van der Waals surface area contributed by atoms with Gasteiger partial charge in [-0.1, -0.05) is 12.1 Å². The molecule has 0 aliphatic carbocycles. The van der Waals surface area contributed by atoms with E-state index in [-0.39, 0.29) is 37.0 Å². The Bertz CT molecular complexity index is 1110. The van der Waals surface area contributed by atoms with Gasteiger partial charge in [-0.05, 0) is 63.3 Å². The van der Waals surface area contributed by atoms with Crippen molar-refractivity contribution in [1.29, 1.82) is 0 Å². The summed E-state index contributed by atoms with van der Waals surface area (Å²) in [5, 5.41) is 0. The van der Waals surface area contributed by atoms with Gasteiger partial charge in [-0.15, -0.1) is 0 Å². The summed E-state index contributed by atoms with van der Waals surface area (Å²) < 4.78 is 28.8. The van der Waals surface area contributed by atoms with Crippen molar-refractivity contribution in [1.82, 2.24) is 4.90 Å². The summed E-state index contributed by atoms with van der Waals surface area (Å²) in [5.41, 5.74) is 0.838. The van der Waals surface area contributed by atoms with E-state index in [1.165, 1.54) is 0 Å². The van der Waals surface area contributed by atoms with E-state index in [4.69, 9.17) is 23.7 Å². The molecule has 2 aromatic carbocycles. The molecule has 0 radical (unpaired) electrons. The third-order valence-electron chi connectivity index (χ3n) is 6.96. The molecule has 2 fully saturated rings. The fraction of sp³-hybridized carbons (Fsp3) is 0.500. The number of aldehydes is 2. The van der Waals surface area contributed by atoms with Crippen LogP contribution in [0, 0.1) is 0 Å². The van der Waals surface area contributed by atoms with Gasteiger partial charge in [0.25, 0.3) is 5.91 Å². The number of hydrogen-bond donors (Lipinski definition) is 0. The first-order valence-electron chi connectivity index (χ1n) is 13.7. The molecule has 0 spiro atoms. The minimum Gasteiger partial charge on any atom is -0.491 e. The maximum Gasteiger partial charge on any atom is 0.255 e. The monoisotopic (exact) mass is 539 g/mol. The molecule has 0 saturated carbocycles. The average molecular weight is 540 g/mol. The predicted molar refractivity (Wildman–Crippen MR) is 144 cm³/mol. The highest BCUT2D eigenvalue weighted by Crippen LogP contribution is 2.31. The highest BCUT2D eigenvalue weighted by Gasteiger charge is 2.30. The largest absolute Gasteiger partial charge is 0.491 e. The average Bonchev–Trinajstić information content (AvgIpc) is 2.98. The molecule has 0 aromatic heterocycles. The van der Waals surface area contributed by atoms with E-state index in [1.54, 1.807) is 41.3 Å². The number of likely N-dealkylation sites (tertiary alicyclic amines) is 1. The Morgan fingerprint density at radius 3 is 2.41 bits per heavy atom. The number of carbonyl (C=O) groups is 3. The highest BCUT2D eigenvalue weighted by atomic mass is 16.7. The molecule has 2 atom stereocenters. The first-order valence-corrected chi connectivity index (χ1v) is 13.7. The Hall–Kier alpha value is -3.43. The van der Waals surface area contributed by atoms with Gasteiger partial charge in [-0.25, -0.2) is 0 Å². The summed E-state index contributed by atoms with van der Waals surface area (Å²) >= 11 is 0. The van der Waals surface area contributed by atoms with Crippen LogP contribution < -0.4 is 14.2 Å². The predicted octanol–water partition coefficient (Wildman–Crippen LogP) is 4.71. The van der Waals surface area contributed by atoms with Crippen molar-refractivity contribution in [2.75, 3.05) is 39.6 Å². The fourth-order valence-electron chi connectivity index (χ4n) is 4.93. The van der Waals surface area contributed by atoms with Crippen LogP contribution in [0.15, 0.2) is 36.4 Å². The van der Waals surface area contributed by atoms with Crippen molar-refractivity contribution >= 4 is 18.5 Å². The van der Waals surface area contributed by atoms with E-state index in [0.29, 0.717) is 61.0 Å². The van der Waals surface area contributed by atoms with Gasteiger partial charge in [0.05, 0.1) is 35.9 Å². The summed E-state index contributed by atoms with van der Waals surface area (Å²) in [7, 11) is 0. The third kappa shape index (κ3) is 7.36. The molecule has 1 amide bonds. The maximum atomic E-state index is 13.7. The Morgan fingerprint density at radius 2 is 1.67 bits per heavy atom. The van der Waals surface area contributed by atoms with Crippen LogP contribution in [0.4, 0.5) is 0 Å². The van der Waals surface area contributed by atoms with Crippen molar-refractivity contribution in [3.63, 3.8) is 0 Å². The van der Waals surface area contributed by atoms with E-state index >= 15 is 0 Å². The van der Waals surface area contributed by atoms with Gasteiger partial charge in [-0.2, -0.15) is 0 Å². The van der Waals surface area contributed by atoms with Crippen molar-refractivity contribution in [3.8, 4) is 17.2 Å². The molecule has 210 valence electrons. The second kappa shape index (κ2) is 14.6. The lowest BCUT2D eigenvalue weighted by molar-refractivity contribution is -0.106. The van der Waals surface area contributed by atoms with E-state index in [2.05, 4.69) is 0 Å². The summed E-state index contributed by atoms with van der Waals surface area (Å²) in [5.74, 6) is 0.926. The van der Waals surface area contributed by atoms with Gasteiger partial charge in [0, 0.05) is 19.6 Å². The number of rotatable bonds is 13. The number of hydrogen-bond acceptors (Lipinski definition) is 8. The molecule has 9 nitrogen and oxygen atoms in total. The molecule has 2 aliphatic heterocycles.